The summed E-state index contributed by atoms with van der Waals surface area (Å²) in [4.78, 5) is 2.53. The fraction of sp³-hybridized carbons (Fsp3) is 0.0526. The lowest BCUT2D eigenvalue weighted by atomic mass is 10.0. The van der Waals surface area contributed by atoms with Gasteiger partial charge in [0.15, 0.2) is 0 Å². The Kier molecular flexibility index (Phi) is 3.45. The van der Waals surface area contributed by atoms with Crippen LogP contribution in [0.3, 0.4) is 0 Å². The van der Waals surface area contributed by atoms with Crippen LogP contribution in [0.1, 0.15) is 0 Å². The topological polar surface area (TPSA) is 9.23 Å². The summed E-state index contributed by atoms with van der Waals surface area (Å²) >= 11 is 3.50. The van der Waals surface area contributed by atoms with Gasteiger partial charge in [0.05, 0.1) is 7.11 Å². The number of benzene rings is 2. The SMILES string of the molecule is COc1c(-c2cccs2)ccc2cc(-c3cccs3)ccc12. The quantitative estimate of drug-likeness (QED) is 0.430. The first-order valence-electron chi connectivity index (χ1n) is 7.05. The minimum absolute atomic E-state index is 0.956. The van der Waals surface area contributed by atoms with Gasteiger partial charge in [0.1, 0.15) is 5.75 Å². The molecule has 2 aromatic carbocycles. The standard InChI is InChI=1S/C19H14OS2/c1-20-19-15-8-7-14(17-4-2-10-21-17)12-13(15)6-9-16(19)18-5-3-11-22-18/h2-12H,1H3. The van der Waals surface area contributed by atoms with Gasteiger partial charge in [0.25, 0.3) is 0 Å². The smallest absolute Gasteiger partial charge is 0.135 e. The van der Waals surface area contributed by atoms with E-state index in [0.717, 1.165) is 16.7 Å². The summed E-state index contributed by atoms with van der Waals surface area (Å²) in [6.07, 6.45) is 0. The summed E-state index contributed by atoms with van der Waals surface area (Å²) in [5, 5.41) is 6.58. The maximum absolute atomic E-state index is 5.72. The summed E-state index contributed by atoms with van der Waals surface area (Å²) < 4.78 is 5.72. The second-order valence-corrected chi connectivity index (χ2v) is 6.93. The number of hydrogen-bond donors (Lipinski definition) is 0. The van der Waals surface area contributed by atoms with E-state index >= 15 is 0 Å². The fourth-order valence-electron chi connectivity index (χ4n) is 2.74. The van der Waals surface area contributed by atoms with Crippen LogP contribution in [0.25, 0.3) is 31.7 Å². The number of methoxy groups -OCH3 is 1. The highest BCUT2D eigenvalue weighted by molar-refractivity contribution is 7.13. The lowest BCUT2D eigenvalue weighted by Crippen LogP contribution is -1.89. The van der Waals surface area contributed by atoms with Gasteiger partial charge in [0.2, 0.25) is 0 Å². The number of hydrogen-bond acceptors (Lipinski definition) is 3. The zero-order valence-corrected chi connectivity index (χ0v) is 13.7. The zero-order valence-electron chi connectivity index (χ0n) is 12.1. The van der Waals surface area contributed by atoms with Crippen LogP contribution in [-0.2, 0) is 0 Å². The van der Waals surface area contributed by atoms with Gasteiger partial charge >= 0.3 is 0 Å². The first kappa shape index (κ1) is 13.6. The van der Waals surface area contributed by atoms with E-state index in [4.69, 9.17) is 4.74 Å². The van der Waals surface area contributed by atoms with Gasteiger partial charge in [-0.05, 0) is 52.0 Å². The molecule has 108 valence electrons. The average Bonchev–Trinajstić information content (AvgIpc) is 3.26. The van der Waals surface area contributed by atoms with Crippen molar-refractivity contribution in [3.8, 4) is 26.6 Å². The van der Waals surface area contributed by atoms with Crippen molar-refractivity contribution >= 4 is 33.4 Å². The average molecular weight is 322 g/mol. The predicted octanol–water partition coefficient (Wildman–Crippen LogP) is 6.31. The largest absolute Gasteiger partial charge is 0.495 e. The Morgan fingerprint density at radius 1 is 0.818 bits per heavy atom. The molecule has 4 rings (SSSR count). The van der Waals surface area contributed by atoms with E-state index in [1.165, 1.54) is 20.7 Å². The van der Waals surface area contributed by atoms with Crippen LogP contribution in [-0.4, -0.2) is 7.11 Å². The molecule has 0 aliphatic rings. The second-order valence-electron chi connectivity index (χ2n) is 5.04. The van der Waals surface area contributed by atoms with E-state index < -0.39 is 0 Å². The van der Waals surface area contributed by atoms with Crippen molar-refractivity contribution in [2.45, 2.75) is 0 Å². The van der Waals surface area contributed by atoms with E-state index in [1.54, 1.807) is 29.8 Å². The molecule has 0 saturated heterocycles. The lowest BCUT2D eigenvalue weighted by Gasteiger charge is -2.11. The number of rotatable bonds is 3. The van der Waals surface area contributed by atoms with Gasteiger partial charge in [-0.2, -0.15) is 0 Å². The normalized spacial score (nSPS) is 11.0. The fourth-order valence-corrected chi connectivity index (χ4v) is 4.22. The van der Waals surface area contributed by atoms with Crippen LogP contribution in [0.5, 0.6) is 5.75 Å². The molecule has 1 nitrogen and oxygen atoms in total. The maximum atomic E-state index is 5.72. The molecule has 3 heteroatoms. The first-order valence-corrected chi connectivity index (χ1v) is 8.81. The zero-order chi connectivity index (χ0) is 14.9. The molecule has 0 unspecified atom stereocenters. The van der Waals surface area contributed by atoms with Crippen molar-refractivity contribution in [2.75, 3.05) is 7.11 Å². The Hall–Kier alpha value is -2.10. The molecule has 0 atom stereocenters. The van der Waals surface area contributed by atoms with E-state index in [2.05, 4.69) is 65.4 Å². The van der Waals surface area contributed by atoms with Crippen molar-refractivity contribution in [3.63, 3.8) is 0 Å². The molecule has 0 aliphatic heterocycles. The third kappa shape index (κ3) is 2.23. The predicted molar refractivity (Wildman–Crippen MR) is 97.1 cm³/mol. The minimum Gasteiger partial charge on any atom is -0.495 e. The Labute approximate surface area is 137 Å². The first-order chi connectivity index (χ1) is 10.9. The summed E-state index contributed by atoms with van der Waals surface area (Å²) in [7, 11) is 1.75. The molecular weight excluding hydrogens is 308 g/mol. The maximum Gasteiger partial charge on any atom is 0.135 e. The van der Waals surface area contributed by atoms with Crippen LogP contribution in [0.2, 0.25) is 0 Å². The van der Waals surface area contributed by atoms with Gasteiger partial charge in [-0.25, -0.2) is 0 Å². The minimum atomic E-state index is 0.956. The van der Waals surface area contributed by atoms with Crippen molar-refractivity contribution in [1.82, 2.24) is 0 Å². The third-order valence-corrected chi connectivity index (χ3v) is 5.59. The van der Waals surface area contributed by atoms with Crippen molar-refractivity contribution in [2.24, 2.45) is 0 Å². The van der Waals surface area contributed by atoms with Gasteiger partial charge in [0, 0.05) is 20.7 Å². The van der Waals surface area contributed by atoms with E-state index in [1.807, 2.05) is 0 Å². The van der Waals surface area contributed by atoms with Crippen molar-refractivity contribution in [1.29, 1.82) is 0 Å². The summed E-state index contributed by atoms with van der Waals surface area (Å²) in [5.41, 5.74) is 2.42. The van der Waals surface area contributed by atoms with Gasteiger partial charge < -0.3 is 4.74 Å². The number of ether oxygens (including phenoxy) is 1. The highest BCUT2D eigenvalue weighted by atomic mass is 32.1. The van der Waals surface area contributed by atoms with Crippen LogP contribution < -0.4 is 4.74 Å². The van der Waals surface area contributed by atoms with Gasteiger partial charge in [-0.3, -0.25) is 0 Å². The van der Waals surface area contributed by atoms with E-state index in [-0.39, 0.29) is 0 Å². The Balaban J connectivity index is 1.92. The van der Waals surface area contributed by atoms with Crippen molar-refractivity contribution in [3.05, 3.63) is 65.4 Å². The molecule has 0 bridgehead atoms. The summed E-state index contributed by atoms with van der Waals surface area (Å²) in [5.74, 6) is 0.956. The molecule has 0 radical (unpaired) electrons. The third-order valence-electron chi connectivity index (χ3n) is 3.77. The Morgan fingerprint density at radius 3 is 2.27 bits per heavy atom. The second kappa shape index (κ2) is 5.59. The molecule has 4 aromatic rings. The molecule has 0 N–H and O–H groups in total. The molecule has 22 heavy (non-hydrogen) atoms. The molecular formula is C19H14OS2. The molecule has 0 aliphatic carbocycles. The molecule has 2 aromatic heterocycles. The van der Waals surface area contributed by atoms with Crippen LogP contribution in [0, 0.1) is 0 Å². The van der Waals surface area contributed by atoms with E-state index in [0.29, 0.717) is 0 Å². The number of fused-ring (bicyclic) bond motifs is 1. The highest BCUT2D eigenvalue weighted by Gasteiger charge is 2.11. The summed E-state index contributed by atoms with van der Waals surface area (Å²) in [6.45, 7) is 0. The molecule has 2 heterocycles. The molecule has 0 spiro atoms. The molecule has 0 amide bonds. The van der Waals surface area contributed by atoms with E-state index in [9.17, 15) is 0 Å². The van der Waals surface area contributed by atoms with Gasteiger partial charge in [-0.1, -0.05) is 24.3 Å². The number of thiophene rings is 2. The molecule has 0 saturated carbocycles. The Bertz CT molecular complexity index is 906. The monoisotopic (exact) mass is 322 g/mol. The molecule has 0 fully saturated rings. The van der Waals surface area contributed by atoms with Crippen molar-refractivity contribution < 1.29 is 4.74 Å². The van der Waals surface area contributed by atoms with Crippen LogP contribution >= 0.6 is 22.7 Å². The van der Waals surface area contributed by atoms with Gasteiger partial charge in [-0.15, -0.1) is 22.7 Å². The van der Waals surface area contributed by atoms with Crippen LogP contribution in [0.4, 0.5) is 0 Å². The summed E-state index contributed by atoms with van der Waals surface area (Å²) in [6, 6.07) is 19.4. The highest BCUT2D eigenvalue weighted by Crippen LogP contribution is 2.40. The van der Waals surface area contributed by atoms with Crippen LogP contribution in [0.15, 0.2) is 65.4 Å². The Morgan fingerprint density at radius 2 is 1.59 bits per heavy atom. The lowest BCUT2D eigenvalue weighted by molar-refractivity contribution is 0.421.